The number of rotatable bonds is 16. The molecule has 0 bridgehead atoms. The van der Waals surface area contributed by atoms with Crippen LogP contribution < -0.4 is 38.2 Å². The van der Waals surface area contributed by atoms with E-state index in [0.717, 1.165) is 27.5 Å². The van der Waals surface area contributed by atoms with Crippen LogP contribution in [0.4, 0.5) is 34.5 Å². The quantitative estimate of drug-likeness (QED) is 0.0443. The highest BCUT2D eigenvalue weighted by molar-refractivity contribution is 5.97. The molecule has 26 heteroatoms. The van der Waals surface area contributed by atoms with Gasteiger partial charge < -0.3 is 30.6 Å². The van der Waals surface area contributed by atoms with Crippen molar-refractivity contribution < 1.29 is 9.53 Å². The average Bonchev–Trinajstić information content (AvgIpc) is 1.56. The van der Waals surface area contributed by atoms with Gasteiger partial charge >= 0.3 is 0 Å². The van der Waals surface area contributed by atoms with Gasteiger partial charge in [-0.2, -0.15) is 15.4 Å². The number of anilines is 3. The van der Waals surface area contributed by atoms with Crippen LogP contribution in [-0.4, -0.2) is 101 Å². The maximum absolute atomic E-state index is 14.2. The first-order chi connectivity index (χ1) is 54.0. The number of ether oxygens (including phenoxy) is 1. The van der Waals surface area contributed by atoms with Crippen molar-refractivity contribution in [3.05, 3.63) is 323 Å². The second-order valence-electron chi connectivity index (χ2n) is 25.9. The van der Waals surface area contributed by atoms with Crippen LogP contribution >= 0.6 is 0 Å². The molecule has 1 aliphatic rings. The Labute approximate surface area is 636 Å². The molecule has 0 radical (unpaired) electrons. The molecule has 15 rings (SSSR count). The summed E-state index contributed by atoms with van der Waals surface area (Å²) in [6.07, 6.45) is 6.81. The zero-order valence-electron chi connectivity index (χ0n) is 61.3. The lowest BCUT2D eigenvalue weighted by molar-refractivity contribution is -0.135. The van der Waals surface area contributed by atoms with Crippen molar-refractivity contribution in [3.8, 4) is 51.4 Å². The van der Waals surface area contributed by atoms with Crippen molar-refractivity contribution in [2.75, 3.05) is 42.3 Å². The van der Waals surface area contributed by atoms with E-state index in [2.05, 4.69) is 92.6 Å². The molecule has 1 aliphatic heterocycles. The van der Waals surface area contributed by atoms with Crippen molar-refractivity contribution in [2.45, 2.75) is 72.5 Å². The van der Waals surface area contributed by atoms with Gasteiger partial charge in [0, 0.05) is 107 Å². The lowest BCUT2D eigenvalue weighted by Gasteiger charge is -2.26. The lowest BCUT2D eigenvalue weighted by Crippen LogP contribution is -2.40. The van der Waals surface area contributed by atoms with Crippen LogP contribution in [0.3, 0.4) is 0 Å². The fourth-order valence-corrected chi connectivity index (χ4v) is 13.2. The number of pyridine rings is 4. The molecule has 8 aromatic heterocycles. The summed E-state index contributed by atoms with van der Waals surface area (Å²) in [6.45, 7) is 35.9. The molecule has 0 unspecified atom stereocenters. The maximum Gasteiger partial charge on any atom is 0.264 e. The van der Waals surface area contributed by atoms with Gasteiger partial charge in [0.2, 0.25) is 28.5 Å². The van der Waals surface area contributed by atoms with Crippen LogP contribution in [0.2, 0.25) is 0 Å². The third-order valence-corrected chi connectivity index (χ3v) is 18.5. The molecule has 5 N–H and O–H groups in total. The van der Waals surface area contributed by atoms with Crippen LogP contribution in [0, 0.1) is 52.3 Å². The van der Waals surface area contributed by atoms with Crippen LogP contribution in [0.5, 0.6) is 0 Å². The Morgan fingerprint density at radius 3 is 1.36 bits per heavy atom. The third kappa shape index (κ3) is 16.4. The van der Waals surface area contributed by atoms with E-state index in [9.17, 15) is 24.0 Å². The lowest BCUT2D eigenvalue weighted by atomic mass is 10.0. The van der Waals surface area contributed by atoms with Crippen LogP contribution in [-0.2, 0) is 9.53 Å². The number of para-hydroxylation sites is 3. The molecule has 0 spiro atoms. The number of morpholine rings is 1. The molecule has 6 aromatic carbocycles. The number of aryl methyl sites for hydroxylation is 3. The number of nitrogens with zero attached hydrogens (tertiary/aromatic N) is 15. The first-order valence-corrected chi connectivity index (χ1v) is 35.5. The van der Waals surface area contributed by atoms with Crippen molar-refractivity contribution in [1.29, 1.82) is 0 Å². The number of H-pyrrole nitrogens is 2. The largest absolute Gasteiger partial charge is 0.378 e. The number of carbonyl (C=O) groups excluding carboxylic acids is 1. The Balaban J connectivity index is 0.000000147. The molecule has 1 saturated heterocycles. The second kappa shape index (κ2) is 33.7. The molecule has 0 saturated carbocycles. The summed E-state index contributed by atoms with van der Waals surface area (Å²) in [5.41, 5.74) is 7.53. The Kier molecular flexibility index (Phi) is 22.6. The zero-order chi connectivity index (χ0) is 77.7. The van der Waals surface area contributed by atoms with Crippen LogP contribution in [0.15, 0.2) is 226 Å². The molecule has 548 valence electrons. The van der Waals surface area contributed by atoms with Gasteiger partial charge in [0.25, 0.3) is 16.7 Å². The number of benzene rings is 6. The monoisotopic (exact) mass is 1470 g/mol. The zero-order valence-corrected chi connectivity index (χ0v) is 61.3. The Bertz CT molecular complexity index is 6290. The van der Waals surface area contributed by atoms with Crippen molar-refractivity contribution in [2.24, 2.45) is 0 Å². The van der Waals surface area contributed by atoms with E-state index in [-0.39, 0.29) is 46.3 Å². The van der Waals surface area contributed by atoms with Gasteiger partial charge in [-0.3, -0.25) is 52.6 Å². The van der Waals surface area contributed by atoms with Gasteiger partial charge in [-0.05, 0) is 124 Å². The van der Waals surface area contributed by atoms with E-state index in [1.807, 2.05) is 189 Å². The minimum absolute atomic E-state index is 0.0679. The summed E-state index contributed by atoms with van der Waals surface area (Å²) in [6, 6.07) is 54.8. The van der Waals surface area contributed by atoms with Crippen molar-refractivity contribution in [3.63, 3.8) is 0 Å². The van der Waals surface area contributed by atoms with Gasteiger partial charge in [0.05, 0.1) is 73.4 Å². The molecule has 111 heavy (non-hydrogen) atoms. The summed E-state index contributed by atoms with van der Waals surface area (Å²) < 4.78 is 10.4. The number of aromatic nitrogens is 13. The summed E-state index contributed by atoms with van der Waals surface area (Å²) in [7, 11) is 0. The molecule has 1 amide bonds. The molecular weight excluding hydrogens is 1400 g/mol. The minimum atomic E-state index is -0.378. The highest BCUT2D eigenvalue weighted by Gasteiger charge is 2.25. The summed E-state index contributed by atoms with van der Waals surface area (Å²) in [5.74, 6) is 9.22. The van der Waals surface area contributed by atoms with E-state index in [4.69, 9.17) is 24.5 Å². The minimum Gasteiger partial charge on any atom is -0.378 e. The Morgan fingerprint density at radius 1 is 0.514 bits per heavy atom. The third-order valence-electron chi connectivity index (χ3n) is 18.5. The molecule has 9 heterocycles. The number of amides is 1. The first kappa shape index (κ1) is 74.4. The van der Waals surface area contributed by atoms with Gasteiger partial charge in [-0.15, -0.1) is 0 Å². The van der Waals surface area contributed by atoms with Crippen LogP contribution in [0.1, 0.15) is 91.9 Å². The van der Waals surface area contributed by atoms with Gasteiger partial charge in [0.1, 0.15) is 40.6 Å². The Morgan fingerprint density at radius 2 is 0.928 bits per heavy atom. The number of hydrogen-bond donors (Lipinski definition) is 5. The Hall–Kier alpha value is -14.9. The summed E-state index contributed by atoms with van der Waals surface area (Å²) >= 11 is 0. The number of nitrogens with one attached hydrogen (secondary N) is 5. The van der Waals surface area contributed by atoms with Gasteiger partial charge in [-0.1, -0.05) is 121 Å². The fourth-order valence-electron chi connectivity index (χ4n) is 13.2. The SMILES string of the molecule is [C-]#[N+]c1cnc(C)nc1N[C@@H](C)c1cc2cccc(-c3cccc(=O)[nH]3)c2c(=O)n1-c1ccccc1.[C-]#[N+]c1cnc(C)nc1N[C@@H](C)c1cc2cccc(-c3cn[nH]n3)c2c(=O)n1-c1ccccc1.[C-]#[N+]c1cnc(C)nc1N[C@@H](C)c1cc2cccc(C#CCCC(=O)N3CCOCC3)c2c(=O)n1-c1ccccc1. The van der Waals surface area contributed by atoms with Crippen LogP contribution in [0.25, 0.3) is 86.4 Å². The maximum atomic E-state index is 14.2. The molecule has 14 aromatic rings. The molecule has 0 aliphatic carbocycles. The molecule has 3 atom stereocenters. The predicted molar refractivity (Wildman–Crippen MR) is 429 cm³/mol. The predicted octanol–water partition coefficient (Wildman–Crippen LogP) is 14.6. The molecule has 1 fully saturated rings. The van der Waals surface area contributed by atoms with E-state index >= 15 is 0 Å². The van der Waals surface area contributed by atoms with E-state index in [1.165, 1.54) is 24.7 Å². The highest BCUT2D eigenvalue weighted by Crippen LogP contribution is 2.35. The molecular formula is C85H72N20O6. The second-order valence-corrected chi connectivity index (χ2v) is 25.9. The average molecular weight is 1470 g/mol. The standard InChI is InChI=1S/C32H30N6O3.C28H22N6O2.C25H20N8O/c1-22(35-31-27(33-3)21-34-23(2)36-31)28-20-25-12-9-11-24(10-7-8-15-29(39)37-16-18-41-19-17-37)30(25)32(40)38(28)26-13-5-4-6-14-26;1-17(31-27-23(29-3)16-30-18(2)32-27)24-15-19-9-7-12-21(22-13-8-14-25(35)33-22)26(19)28(36)34(24)20-10-5-4-6-11-20;1-15(29-24-21(26-3)13-27-16(2)30-24)22-12-17-8-7-11-19(20-14-28-32-31-20)23(17)25(34)33(22)18-9-5-4-6-10-18/h4-6,9,11-14,20-22H,8,15-19H2,1-2H3,(H,34,35,36);4-17H,1-2H3,(H,33,35)(H,30,31,32);4-15H,1-2H3,(H,27,29,30)(H,28,31,32)/t22-;17-;15-/m000/s1. The smallest absolute Gasteiger partial charge is 0.264 e. The number of fused-ring (bicyclic) bond motifs is 3. The summed E-state index contributed by atoms with van der Waals surface area (Å²) in [5, 5.41) is 24.5. The van der Waals surface area contributed by atoms with Gasteiger partial charge in [0.15, 0.2) is 0 Å². The number of aromatic amines is 2. The highest BCUT2D eigenvalue weighted by atomic mass is 16.5. The fraction of sp³-hybridized carbons (Fsp3) is 0.176. The molecule has 26 nitrogen and oxygen atoms in total. The number of hydrogen-bond acceptors (Lipinski definition) is 17. The number of carbonyl (C=O) groups is 1. The first-order valence-electron chi connectivity index (χ1n) is 35.5. The van der Waals surface area contributed by atoms with E-state index in [0.29, 0.717) is 158 Å². The van der Waals surface area contributed by atoms with Gasteiger partial charge in [-0.25, -0.2) is 29.5 Å². The normalized spacial score (nSPS) is 12.4. The van der Waals surface area contributed by atoms with E-state index < -0.39 is 0 Å². The van der Waals surface area contributed by atoms with Crippen molar-refractivity contribution >= 4 is 72.7 Å². The summed E-state index contributed by atoms with van der Waals surface area (Å²) in [4.78, 5) is 108. The topological polar surface area (TPSA) is 296 Å². The van der Waals surface area contributed by atoms with Crippen molar-refractivity contribution in [1.82, 2.24) is 68.9 Å². The van der Waals surface area contributed by atoms with E-state index in [1.54, 1.807) is 52.8 Å².